The van der Waals surface area contributed by atoms with Crippen LogP contribution in [-0.2, 0) is 17.1 Å². The van der Waals surface area contributed by atoms with Gasteiger partial charge in [-0.1, -0.05) is 18.2 Å². The molecule has 0 N–H and O–H groups in total. The fourth-order valence-electron chi connectivity index (χ4n) is 3.38. The van der Waals surface area contributed by atoms with Crippen molar-refractivity contribution < 1.29 is 13.2 Å². The molecule has 7 heteroatoms. The van der Waals surface area contributed by atoms with E-state index in [2.05, 4.69) is 0 Å². The Balaban J connectivity index is 1.92. The molecule has 1 fully saturated rings. The van der Waals surface area contributed by atoms with Gasteiger partial charge in [-0.15, -0.1) is 0 Å². The topological polar surface area (TPSA) is 62.6 Å². The highest BCUT2D eigenvalue weighted by Crippen LogP contribution is 2.26. The minimum absolute atomic E-state index is 0.0142. The van der Waals surface area contributed by atoms with E-state index in [1.54, 1.807) is 4.90 Å². The predicted octanol–water partition coefficient (Wildman–Crippen LogP) is 1.59. The first-order valence-corrected chi connectivity index (χ1v) is 9.94. The van der Waals surface area contributed by atoms with E-state index in [0.717, 1.165) is 22.2 Å². The van der Waals surface area contributed by atoms with Gasteiger partial charge in [0.1, 0.15) is 0 Å². The van der Waals surface area contributed by atoms with Gasteiger partial charge in [0.2, 0.25) is 10.0 Å². The third kappa shape index (κ3) is 2.93. The van der Waals surface area contributed by atoms with Crippen LogP contribution in [-0.4, -0.2) is 60.5 Å². The molecule has 1 aromatic heterocycles. The number of carbonyl (C=O) groups is 1. The van der Waals surface area contributed by atoms with Gasteiger partial charge in [-0.05, 0) is 19.4 Å². The van der Waals surface area contributed by atoms with Gasteiger partial charge in [0.05, 0.1) is 11.8 Å². The van der Waals surface area contributed by atoms with E-state index in [4.69, 9.17) is 0 Å². The van der Waals surface area contributed by atoms with E-state index in [0.29, 0.717) is 32.6 Å². The van der Waals surface area contributed by atoms with Gasteiger partial charge in [0.15, 0.2) is 0 Å². The smallest absolute Gasteiger partial charge is 0.256 e. The summed E-state index contributed by atoms with van der Waals surface area (Å²) in [6, 6.07) is 7.88. The second-order valence-corrected chi connectivity index (χ2v) is 8.33. The van der Waals surface area contributed by atoms with Crippen LogP contribution in [0.15, 0.2) is 24.3 Å². The van der Waals surface area contributed by atoms with Crippen molar-refractivity contribution >= 4 is 26.8 Å². The fraction of sp³-hybridized carbons (Fsp3) is 0.471. The van der Waals surface area contributed by atoms with Crippen LogP contribution in [0.5, 0.6) is 0 Å². The number of hydrogen-bond acceptors (Lipinski definition) is 3. The molecule has 0 unspecified atom stereocenters. The quantitative estimate of drug-likeness (QED) is 0.827. The van der Waals surface area contributed by atoms with E-state index in [-0.39, 0.29) is 5.91 Å². The number of nitrogens with zero attached hydrogens (tertiary/aromatic N) is 3. The van der Waals surface area contributed by atoms with Crippen LogP contribution in [0.4, 0.5) is 0 Å². The first-order valence-electron chi connectivity index (χ1n) is 8.09. The molecule has 0 aliphatic carbocycles. The predicted molar refractivity (Wildman–Crippen MR) is 94.6 cm³/mol. The first kappa shape index (κ1) is 17.0. The Labute approximate surface area is 142 Å². The van der Waals surface area contributed by atoms with Crippen molar-refractivity contribution in [1.29, 1.82) is 0 Å². The summed E-state index contributed by atoms with van der Waals surface area (Å²) < 4.78 is 27.0. The van der Waals surface area contributed by atoms with Gasteiger partial charge in [-0.2, -0.15) is 0 Å². The van der Waals surface area contributed by atoms with Crippen LogP contribution >= 0.6 is 0 Å². The summed E-state index contributed by atoms with van der Waals surface area (Å²) in [4.78, 5) is 14.9. The molecular weight excluding hydrogens is 326 g/mol. The number of benzene rings is 1. The number of sulfonamides is 1. The number of para-hydroxylation sites is 1. The molecule has 130 valence electrons. The average molecular weight is 349 g/mol. The van der Waals surface area contributed by atoms with Crippen LogP contribution in [0, 0.1) is 6.92 Å². The number of amides is 1. The van der Waals surface area contributed by atoms with Gasteiger partial charge in [-0.25, -0.2) is 12.7 Å². The van der Waals surface area contributed by atoms with E-state index in [1.165, 1.54) is 10.6 Å². The van der Waals surface area contributed by atoms with Crippen LogP contribution in [0.1, 0.15) is 22.5 Å². The molecule has 1 aliphatic heterocycles. The van der Waals surface area contributed by atoms with Crippen molar-refractivity contribution in [2.45, 2.75) is 13.3 Å². The standard InChI is InChI=1S/C17H23N3O3S/c1-13-16(14-7-4-5-8-15(14)18(13)2)17(21)19-9-6-10-20(12-11-19)24(3,22)23/h4-5,7-8H,6,9-12H2,1-3H3. The summed E-state index contributed by atoms with van der Waals surface area (Å²) in [7, 11) is -1.25. The third-order valence-corrected chi connectivity index (χ3v) is 6.13. The summed E-state index contributed by atoms with van der Waals surface area (Å²) in [5, 5.41) is 0.951. The minimum atomic E-state index is -3.21. The van der Waals surface area contributed by atoms with Crippen LogP contribution in [0.3, 0.4) is 0 Å². The summed E-state index contributed by atoms with van der Waals surface area (Å²) in [6.07, 6.45) is 1.88. The second-order valence-electron chi connectivity index (χ2n) is 6.34. The monoisotopic (exact) mass is 349 g/mol. The second kappa shape index (κ2) is 6.22. The van der Waals surface area contributed by atoms with Gasteiger partial charge in [-0.3, -0.25) is 4.79 Å². The van der Waals surface area contributed by atoms with Gasteiger partial charge in [0.25, 0.3) is 5.91 Å². The molecule has 1 aromatic carbocycles. The van der Waals surface area contributed by atoms with Crippen molar-refractivity contribution in [2.75, 3.05) is 32.4 Å². The highest BCUT2D eigenvalue weighted by atomic mass is 32.2. The number of aromatic nitrogens is 1. The van der Waals surface area contributed by atoms with E-state index in [9.17, 15) is 13.2 Å². The molecule has 1 amide bonds. The Kier molecular flexibility index (Phi) is 4.40. The van der Waals surface area contributed by atoms with Gasteiger partial charge < -0.3 is 9.47 Å². The normalized spacial score (nSPS) is 17.2. The zero-order valence-electron chi connectivity index (χ0n) is 14.3. The molecule has 0 bridgehead atoms. The molecule has 2 heterocycles. The van der Waals surface area contributed by atoms with E-state index in [1.807, 2.05) is 42.8 Å². The van der Waals surface area contributed by atoms with Crippen LogP contribution < -0.4 is 0 Å². The molecular formula is C17H23N3O3S. The van der Waals surface area contributed by atoms with Crippen molar-refractivity contribution in [3.8, 4) is 0 Å². The van der Waals surface area contributed by atoms with E-state index < -0.39 is 10.0 Å². The molecule has 0 saturated carbocycles. The molecule has 3 rings (SSSR count). The molecule has 2 aromatic rings. The average Bonchev–Trinajstić information content (AvgIpc) is 2.72. The molecule has 1 aliphatic rings. The van der Waals surface area contributed by atoms with Crippen molar-refractivity contribution in [3.63, 3.8) is 0 Å². The van der Waals surface area contributed by atoms with Gasteiger partial charge in [0, 0.05) is 49.8 Å². The largest absolute Gasteiger partial charge is 0.347 e. The lowest BCUT2D eigenvalue weighted by molar-refractivity contribution is 0.0765. The molecule has 0 atom stereocenters. The summed E-state index contributed by atoms with van der Waals surface area (Å²) in [6.45, 7) is 3.78. The first-order chi connectivity index (χ1) is 11.3. The van der Waals surface area contributed by atoms with E-state index >= 15 is 0 Å². The Morgan fingerprint density at radius 1 is 1.08 bits per heavy atom. The maximum Gasteiger partial charge on any atom is 0.256 e. The number of fused-ring (bicyclic) bond motifs is 1. The maximum atomic E-state index is 13.1. The van der Waals surface area contributed by atoms with Crippen LogP contribution in [0.25, 0.3) is 10.9 Å². The Morgan fingerprint density at radius 3 is 2.50 bits per heavy atom. The lowest BCUT2D eigenvalue weighted by atomic mass is 10.1. The maximum absolute atomic E-state index is 13.1. The zero-order chi connectivity index (χ0) is 17.5. The Bertz CT molecular complexity index is 886. The number of aryl methyl sites for hydroxylation is 1. The highest BCUT2D eigenvalue weighted by Gasteiger charge is 2.27. The minimum Gasteiger partial charge on any atom is -0.347 e. The third-order valence-electron chi connectivity index (χ3n) is 4.82. The molecule has 0 spiro atoms. The van der Waals surface area contributed by atoms with Gasteiger partial charge >= 0.3 is 0 Å². The molecule has 24 heavy (non-hydrogen) atoms. The highest BCUT2D eigenvalue weighted by molar-refractivity contribution is 7.88. The Hall–Kier alpha value is -1.86. The SMILES string of the molecule is Cc1c(C(=O)N2CCCN(S(C)(=O)=O)CC2)c2ccccc2n1C. The Morgan fingerprint density at radius 2 is 1.79 bits per heavy atom. The van der Waals surface area contributed by atoms with Crippen molar-refractivity contribution in [1.82, 2.24) is 13.8 Å². The lowest BCUT2D eigenvalue weighted by Gasteiger charge is -2.21. The van der Waals surface area contributed by atoms with Crippen molar-refractivity contribution in [3.05, 3.63) is 35.5 Å². The zero-order valence-corrected chi connectivity index (χ0v) is 15.1. The summed E-state index contributed by atoms with van der Waals surface area (Å²) in [5.74, 6) is -0.0142. The number of rotatable bonds is 2. The molecule has 6 nitrogen and oxygen atoms in total. The molecule has 0 radical (unpaired) electrons. The van der Waals surface area contributed by atoms with Crippen molar-refractivity contribution in [2.24, 2.45) is 7.05 Å². The lowest BCUT2D eigenvalue weighted by Crippen LogP contribution is -2.37. The fourth-order valence-corrected chi connectivity index (χ4v) is 4.25. The number of carbonyl (C=O) groups excluding carboxylic acids is 1. The summed E-state index contributed by atoms with van der Waals surface area (Å²) >= 11 is 0. The molecule has 1 saturated heterocycles. The number of hydrogen-bond donors (Lipinski definition) is 0. The summed E-state index contributed by atoms with van der Waals surface area (Å²) in [5.41, 5.74) is 2.69. The van der Waals surface area contributed by atoms with Crippen LogP contribution in [0.2, 0.25) is 0 Å².